The number of hydrogen-bond donors (Lipinski definition) is 2. The molecule has 0 fully saturated rings. The Bertz CT molecular complexity index is 1220. The average Bonchev–Trinajstić information content (AvgIpc) is 3.18. The highest BCUT2D eigenvalue weighted by molar-refractivity contribution is 7.80. The van der Waals surface area contributed by atoms with Gasteiger partial charge in [0.05, 0.1) is 18.8 Å². The number of furan rings is 1. The van der Waals surface area contributed by atoms with Crippen molar-refractivity contribution in [3.05, 3.63) is 84.1 Å². The van der Waals surface area contributed by atoms with Crippen molar-refractivity contribution >= 4 is 44.8 Å². The van der Waals surface area contributed by atoms with Gasteiger partial charge in [0.15, 0.2) is 10.9 Å². The van der Waals surface area contributed by atoms with Crippen LogP contribution in [-0.4, -0.2) is 12.2 Å². The fraction of sp³-hybridized carbons (Fsp3) is 0.0870. The lowest BCUT2D eigenvalue weighted by Crippen LogP contribution is -2.40. The van der Waals surface area contributed by atoms with Gasteiger partial charge in [0.1, 0.15) is 11.3 Å². The van der Waals surface area contributed by atoms with Crippen molar-refractivity contribution in [1.82, 2.24) is 10.6 Å². The first kappa shape index (κ1) is 16.8. The molecule has 5 heteroatoms. The van der Waals surface area contributed by atoms with Crippen LogP contribution in [0.1, 0.15) is 17.4 Å². The van der Waals surface area contributed by atoms with E-state index in [1.54, 1.807) is 7.11 Å². The van der Waals surface area contributed by atoms with Gasteiger partial charge < -0.3 is 19.8 Å². The lowest BCUT2D eigenvalue weighted by Gasteiger charge is -2.25. The van der Waals surface area contributed by atoms with E-state index in [0.717, 1.165) is 33.7 Å². The Labute approximate surface area is 167 Å². The number of benzene rings is 3. The van der Waals surface area contributed by atoms with E-state index in [4.69, 9.17) is 21.4 Å². The third-order valence-corrected chi connectivity index (χ3v) is 5.25. The molecule has 0 spiro atoms. The second-order valence-electron chi connectivity index (χ2n) is 6.74. The van der Waals surface area contributed by atoms with Gasteiger partial charge in [-0.05, 0) is 58.9 Å². The van der Waals surface area contributed by atoms with Crippen LogP contribution in [-0.2, 0) is 0 Å². The summed E-state index contributed by atoms with van der Waals surface area (Å²) < 4.78 is 11.4. The summed E-state index contributed by atoms with van der Waals surface area (Å²) in [5, 5.41) is 10.6. The third-order valence-electron chi connectivity index (χ3n) is 5.03. The molecule has 0 aliphatic carbocycles. The molecule has 4 nitrogen and oxygen atoms in total. The van der Waals surface area contributed by atoms with E-state index in [-0.39, 0.29) is 6.04 Å². The molecule has 1 aromatic heterocycles. The zero-order chi connectivity index (χ0) is 19.1. The summed E-state index contributed by atoms with van der Waals surface area (Å²) in [6.45, 7) is 0. The highest BCUT2D eigenvalue weighted by Crippen LogP contribution is 2.32. The van der Waals surface area contributed by atoms with Crippen LogP contribution >= 0.6 is 12.2 Å². The van der Waals surface area contributed by atoms with Gasteiger partial charge in [0, 0.05) is 5.39 Å². The summed E-state index contributed by atoms with van der Waals surface area (Å²) in [7, 11) is 1.66. The van der Waals surface area contributed by atoms with Crippen molar-refractivity contribution < 1.29 is 9.15 Å². The second-order valence-corrected chi connectivity index (χ2v) is 7.15. The smallest absolute Gasteiger partial charge is 0.171 e. The van der Waals surface area contributed by atoms with Crippen molar-refractivity contribution in [2.75, 3.05) is 7.11 Å². The number of fused-ring (bicyclic) bond motifs is 3. The number of nitrogens with one attached hydrogen (secondary N) is 2. The van der Waals surface area contributed by atoms with Gasteiger partial charge in [0.2, 0.25) is 0 Å². The zero-order valence-electron chi connectivity index (χ0n) is 15.2. The van der Waals surface area contributed by atoms with Gasteiger partial charge in [0.25, 0.3) is 0 Å². The molecule has 1 aliphatic rings. The van der Waals surface area contributed by atoms with E-state index < -0.39 is 0 Å². The molecular weight excluding hydrogens is 368 g/mol. The molecule has 2 heterocycles. The second kappa shape index (κ2) is 6.69. The minimum Gasteiger partial charge on any atom is -0.497 e. The number of rotatable bonds is 3. The highest BCUT2D eigenvalue weighted by atomic mass is 32.1. The molecule has 1 aliphatic heterocycles. The van der Waals surface area contributed by atoms with Crippen molar-refractivity contribution in [2.24, 2.45) is 0 Å². The molecular formula is C23H18N2O2S. The third kappa shape index (κ3) is 2.90. The Morgan fingerprint density at radius 3 is 2.61 bits per heavy atom. The minimum absolute atomic E-state index is 0.0420. The number of hydrogen-bond acceptors (Lipinski definition) is 3. The van der Waals surface area contributed by atoms with E-state index >= 15 is 0 Å². The van der Waals surface area contributed by atoms with E-state index in [9.17, 15) is 0 Å². The van der Waals surface area contributed by atoms with Gasteiger partial charge in [-0.15, -0.1) is 0 Å². The number of ether oxygens (including phenoxy) is 1. The molecule has 0 radical (unpaired) electrons. The highest BCUT2D eigenvalue weighted by Gasteiger charge is 2.21. The largest absolute Gasteiger partial charge is 0.497 e. The molecule has 1 atom stereocenters. The molecule has 5 rings (SSSR count). The number of methoxy groups -OCH3 is 1. The van der Waals surface area contributed by atoms with Crippen molar-refractivity contribution in [2.45, 2.75) is 6.04 Å². The fourth-order valence-electron chi connectivity index (χ4n) is 3.61. The predicted molar refractivity (Wildman–Crippen MR) is 116 cm³/mol. The lowest BCUT2D eigenvalue weighted by atomic mass is 10.0. The summed E-state index contributed by atoms with van der Waals surface area (Å²) in [5.41, 5.74) is 2.83. The molecule has 2 N–H and O–H groups in total. The maximum absolute atomic E-state index is 6.15. The Balaban J connectivity index is 1.57. The summed E-state index contributed by atoms with van der Waals surface area (Å²) >= 11 is 5.44. The lowest BCUT2D eigenvalue weighted by molar-refractivity contribution is 0.414. The first-order valence-electron chi connectivity index (χ1n) is 9.06. The average molecular weight is 386 g/mol. The molecule has 1 unspecified atom stereocenters. The van der Waals surface area contributed by atoms with Gasteiger partial charge in [-0.25, -0.2) is 0 Å². The van der Waals surface area contributed by atoms with E-state index in [1.807, 2.05) is 42.5 Å². The first-order chi connectivity index (χ1) is 13.7. The van der Waals surface area contributed by atoms with Gasteiger partial charge in [-0.3, -0.25) is 0 Å². The Morgan fingerprint density at radius 2 is 1.79 bits per heavy atom. The minimum atomic E-state index is -0.0420. The summed E-state index contributed by atoms with van der Waals surface area (Å²) in [6, 6.07) is 22.4. The molecule has 0 amide bonds. The Kier molecular flexibility index (Phi) is 4.02. The van der Waals surface area contributed by atoms with Crippen LogP contribution in [0.3, 0.4) is 0 Å². The van der Waals surface area contributed by atoms with Gasteiger partial charge >= 0.3 is 0 Å². The predicted octanol–water partition coefficient (Wildman–Crippen LogP) is 5.15. The standard InChI is InChI=1S/C23H18N2O2S/c1-26-16-9-6-15(7-10-16)19-13-20(25-23(28)24-19)22-12-18-17-5-3-2-4-14(17)8-11-21(18)27-22/h2-13,19H,1H3,(H2,24,25,28). The summed E-state index contributed by atoms with van der Waals surface area (Å²) in [5.74, 6) is 1.60. The molecule has 0 saturated heterocycles. The first-order valence-corrected chi connectivity index (χ1v) is 9.47. The zero-order valence-corrected chi connectivity index (χ0v) is 16.0. The molecule has 138 valence electrons. The topological polar surface area (TPSA) is 46.4 Å². The molecule has 0 bridgehead atoms. The Morgan fingerprint density at radius 1 is 0.964 bits per heavy atom. The summed E-state index contributed by atoms with van der Waals surface area (Å²) in [6.07, 6.45) is 2.09. The molecule has 3 aromatic carbocycles. The van der Waals surface area contributed by atoms with Crippen LogP contribution in [0.2, 0.25) is 0 Å². The van der Waals surface area contributed by atoms with Gasteiger partial charge in [-0.1, -0.05) is 42.5 Å². The van der Waals surface area contributed by atoms with Crippen LogP contribution in [0.5, 0.6) is 5.75 Å². The monoisotopic (exact) mass is 386 g/mol. The van der Waals surface area contributed by atoms with Crippen molar-refractivity contribution in [3.63, 3.8) is 0 Å². The normalized spacial score (nSPS) is 16.5. The van der Waals surface area contributed by atoms with Crippen LogP contribution in [0, 0.1) is 0 Å². The van der Waals surface area contributed by atoms with E-state index in [1.165, 1.54) is 10.8 Å². The van der Waals surface area contributed by atoms with E-state index in [2.05, 4.69) is 41.0 Å². The van der Waals surface area contributed by atoms with Crippen molar-refractivity contribution in [1.29, 1.82) is 0 Å². The van der Waals surface area contributed by atoms with Crippen LogP contribution < -0.4 is 15.4 Å². The fourth-order valence-corrected chi connectivity index (χ4v) is 3.85. The van der Waals surface area contributed by atoms with Crippen LogP contribution in [0.4, 0.5) is 0 Å². The van der Waals surface area contributed by atoms with Crippen LogP contribution in [0.25, 0.3) is 27.4 Å². The maximum Gasteiger partial charge on any atom is 0.171 e. The molecule has 28 heavy (non-hydrogen) atoms. The Hall–Kier alpha value is -3.31. The maximum atomic E-state index is 6.15. The van der Waals surface area contributed by atoms with Crippen LogP contribution in [0.15, 0.2) is 77.2 Å². The quantitative estimate of drug-likeness (QED) is 0.477. The van der Waals surface area contributed by atoms with Gasteiger partial charge in [-0.2, -0.15) is 0 Å². The molecule has 0 saturated carbocycles. The van der Waals surface area contributed by atoms with E-state index in [0.29, 0.717) is 5.11 Å². The number of thiocarbonyl (C=S) groups is 1. The SMILES string of the molecule is COc1ccc(C2C=C(c3cc4c(ccc5ccccc54)o3)NC(=S)N2)cc1. The molecule has 4 aromatic rings. The summed E-state index contributed by atoms with van der Waals surface area (Å²) in [4.78, 5) is 0. The van der Waals surface area contributed by atoms with Crippen molar-refractivity contribution in [3.8, 4) is 5.75 Å².